The van der Waals surface area contributed by atoms with E-state index in [1.54, 1.807) is 29.5 Å². The van der Waals surface area contributed by atoms with E-state index in [0.717, 1.165) is 16.3 Å². The molecular formula is C14H12Cl2N2O2S. The lowest BCUT2D eigenvalue weighted by Gasteiger charge is -2.35. The summed E-state index contributed by atoms with van der Waals surface area (Å²) in [6.07, 6.45) is 0. The molecule has 1 saturated heterocycles. The van der Waals surface area contributed by atoms with Gasteiger partial charge in [0.1, 0.15) is 5.01 Å². The van der Waals surface area contributed by atoms with E-state index >= 15 is 0 Å². The van der Waals surface area contributed by atoms with Gasteiger partial charge in [-0.3, -0.25) is 9.69 Å². The maximum absolute atomic E-state index is 10.8. The number of nitrogens with zero attached hydrogens (tertiary/aromatic N) is 2. The van der Waals surface area contributed by atoms with Crippen LogP contribution in [-0.4, -0.2) is 34.0 Å². The minimum absolute atomic E-state index is 0.244. The zero-order chi connectivity index (χ0) is 15.0. The Morgan fingerprint density at radius 2 is 2.19 bits per heavy atom. The monoisotopic (exact) mass is 342 g/mol. The summed E-state index contributed by atoms with van der Waals surface area (Å²) in [4.78, 5) is 17.4. The van der Waals surface area contributed by atoms with E-state index in [4.69, 9.17) is 28.3 Å². The van der Waals surface area contributed by atoms with Crippen LogP contribution in [0.1, 0.15) is 5.01 Å². The Balaban J connectivity index is 1.70. The summed E-state index contributed by atoms with van der Waals surface area (Å²) in [6, 6.07) is 5.30. The zero-order valence-electron chi connectivity index (χ0n) is 10.9. The smallest absolute Gasteiger partial charge is 0.309 e. The van der Waals surface area contributed by atoms with Crippen LogP contribution in [0.4, 0.5) is 0 Å². The van der Waals surface area contributed by atoms with Gasteiger partial charge in [-0.15, -0.1) is 11.3 Å². The molecule has 4 nitrogen and oxygen atoms in total. The van der Waals surface area contributed by atoms with Crippen molar-refractivity contribution >= 4 is 40.5 Å². The molecule has 110 valence electrons. The number of hydrogen-bond donors (Lipinski definition) is 1. The molecule has 21 heavy (non-hydrogen) atoms. The normalized spacial score (nSPS) is 15.9. The second kappa shape index (κ2) is 5.93. The van der Waals surface area contributed by atoms with Crippen molar-refractivity contribution in [3.8, 4) is 11.3 Å². The van der Waals surface area contributed by atoms with Crippen molar-refractivity contribution in [1.82, 2.24) is 9.88 Å². The van der Waals surface area contributed by atoms with Gasteiger partial charge >= 0.3 is 5.97 Å². The molecule has 0 saturated carbocycles. The van der Waals surface area contributed by atoms with Gasteiger partial charge in [0.05, 0.1) is 23.2 Å². The van der Waals surface area contributed by atoms with Crippen LogP contribution in [0.5, 0.6) is 0 Å². The summed E-state index contributed by atoms with van der Waals surface area (Å²) in [7, 11) is 0. The first-order valence-electron chi connectivity index (χ1n) is 6.38. The fourth-order valence-electron chi connectivity index (χ4n) is 2.25. The maximum Gasteiger partial charge on any atom is 0.309 e. The number of hydrogen-bond acceptors (Lipinski definition) is 4. The van der Waals surface area contributed by atoms with Gasteiger partial charge in [0, 0.05) is 29.1 Å². The van der Waals surface area contributed by atoms with Gasteiger partial charge < -0.3 is 5.11 Å². The SMILES string of the molecule is O=C(O)C1CN(Cc2nc(-c3cc(Cl)ccc3Cl)cs2)C1. The third kappa shape index (κ3) is 3.21. The largest absolute Gasteiger partial charge is 0.481 e. The Kier molecular flexibility index (Phi) is 4.17. The van der Waals surface area contributed by atoms with Crippen LogP contribution in [0, 0.1) is 5.92 Å². The standard InChI is InChI=1S/C14H12Cl2N2O2S/c15-9-1-2-11(16)10(3-9)12-7-21-13(17-12)6-18-4-8(5-18)14(19)20/h1-3,7-8H,4-6H2,(H,19,20). The number of aromatic nitrogens is 1. The first kappa shape index (κ1) is 14.8. The van der Waals surface area contributed by atoms with Crippen LogP contribution in [0.15, 0.2) is 23.6 Å². The summed E-state index contributed by atoms with van der Waals surface area (Å²) in [6.45, 7) is 1.84. The number of aliphatic carboxylic acids is 1. The van der Waals surface area contributed by atoms with E-state index in [1.807, 2.05) is 5.38 Å². The average molecular weight is 343 g/mol. The Morgan fingerprint density at radius 1 is 1.43 bits per heavy atom. The minimum atomic E-state index is -0.725. The molecule has 2 heterocycles. The molecule has 1 aliphatic heterocycles. The molecule has 1 aromatic heterocycles. The van der Waals surface area contributed by atoms with Crippen LogP contribution < -0.4 is 0 Å². The number of thiazole rings is 1. The molecule has 1 aromatic carbocycles. The van der Waals surface area contributed by atoms with Gasteiger partial charge in [-0.25, -0.2) is 4.98 Å². The molecule has 1 N–H and O–H groups in total. The second-order valence-corrected chi connectivity index (χ2v) is 6.77. The van der Waals surface area contributed by atoms with Gasteiger partial charge in [-0.05, 0) is 18.2 Å². The van der Waals surface area contributed by atoms with E-state index < -0.39 is 5.97 Å². The Labute approximate surface area is 135 Å². The van der Waals surface area contributed by atoms with Crippen molar-refractivity contribution in [2.75, 3.05) is 13.1 Å². The van der Waals surface area contributed by atoms with Gasteiger partial charge in [0.15, 0.2) is 0 Å². The summed E-state index contributed by atoms with van der Waals surface area (Å²) in [5.41, 5.74) is 1.62. The number of carboxylic acid groups (broad SMARTS) is 1. The molecule has 0 atom stereocenters. The predicted octanol–water partition coefficient (Wildman–Crippen LogP) is 3.63. The summed E-state index contributed by atoms with van der Waals surface area (Å²) in [5.74, 6) is -0.969. The summed E-state index contributed by atoms with van der Waals surface area (Å²) >= 11 is 13.7. The van der Waals surface area contributed by atoms with E-state index in [1.165, 1.54) is 0 Å². The average Bonchev–Trinajstić information content (AvgIpc) is 2.84. The number of likely N-dealkylation sites (tertiary alicyclic amines) is 1. The van der Waals surface area contributed by atoms with Gasteiger partial charge in [-0.2, -0.15) is 0 Å². The predicted molar refractivity (Wildman–Crippen MR) is 84.0 cm³/mol. The fraction of sp³-hybridized carbons (Fsp3) is 0.286. The van der Waals surface area contributed by atoms with Crippen LogP contribution in [0.25, 0.3) is 11.3 Å². The van der Waals surface area contributed by atoms with E-state index in [9.17, 15) is 4.79 Å². The molecule has 0 amide bonds. The van der Waals surface area contributed by atoms with Crippen LogP contribution >= 0.6 is 34.5 Å². The second-order valence-electron chi connectivity index (χ2n) is 4.98. The first-order chi connectivity index (χ1) is 10.0. The molecule has 0 aliphatic carbocycles. The summed E-state index contributed by atoms with van der Waals surface area (Å²) < 4.78 is 0. The zero-order valence-corrected chi connectivity index (χ0v) is 13.3. The van der Waals surface area contributed by atoms with Gasteiger partial charge in [0.2, 0.25) is 0 Å². The fourth-order valence-corrected chi connectivity index (χ4v) is 3.47. The van der Waals surface area contributed by atoms with Gasteiger partial charge in [-0.1, -0.05) is 23.2 Å². The van der Waals surface area contributed by atoms with Crippen molar-refractivity contribution in [1.29, 1.82) is 0 Å². The van der Waals surface area contributed by atoms with Crippen LogP contribution in [0.3, 0.4) is 0 Å². The Morgan fingerprint density at radius 3 is 2.90 bits per heavy atom. The van der Waals surface area contributed by atoms with Crippen molar-refractivity contribution in [3.63, 3.8) is 0 Å². The topological polar surface area (TPSA) is 53.4 Å². The lowest BCUT2D eigenvalue weighted by atomic mass is 10.0. The van der Waals surface area contributed by atoms with E-state index in [-0.39, 0.29) is 5.92 Å². The first-order valence-corrected chi connectivity index (χ1v) is 8.01. The van der Waals surface area contributed by atoms with Crippen molar-refractivity contribution in [3.05, 3.63) is 38.6 Å². The molecule has 3 rings (SSSR count). The van der Waals surface area contributed by atoms with Crippen molar-refractivity contribution in [2.24, 2.45) is 5.92 Å². The molecule has 7 heteroatoms. The van der Waals surface area contributed by atoms with E-state index in [2.05, 4.69) is 9.88 Å². The molecule has 1 aliphatic rings. The number of benzene rings is 1. The maximum atomic E-state index is 10.8. The number of halogens is 2. The molecule has 1 fully saturated rings. The molecule has 0 bridgehead atoms. The highest BCUT2D eigenvalue weighted by molar-refractivity contribution is 7.09. The highest BCUT2D eigenvalue weighted by Gasteiger charge is 2.32. The lowest BCUT2D eigenvalue weighted by molar-refractivity contribution is -0.147. The Hall–Kier alpha value is -1.14. The molecule has 0 unspecified atom stereocenters. The number of carboxylic acids is 1. The van der Waals surface area contributed by atoms with Crippen molar-refractivity contribution in [2.45, 2.75) is 6.54 Å². The molecule has 0 spiro atoms. The Bertz CT molecular complexity index is 683. The third-order valence-corrected chi connectivity index (χ3v) is 4.82. The lowest BCUT2D eigenvalue weighted by Crippen LogP contribution is -2.49. The summed E-state index contributed by atoms with van der Waals surface area (Å²) in [5, 5.41) is 13.0. The third-order valence-electron chi connectivity index (χ3n) is 3.42. The number of carbonyl (C=O) groups is 1. The highest BCUT2D eigenvalue weighted by Crippen LogP contribution is 2.32. The molecular weight excluding hydrogens is 331 g/mol. The van der Waals surface area contributed by atoms with Crippen LogP contribution in [-0.2, 0) is 11.3 Å². The molecule has 0 radical (unpaired) electrons. The number of rotatable bonds is 4. The highest BCUT2D eigenvalue weighted by atomic mass is 35.5. The minimum Gasteiger partial charge on any atom is -0.481 e. The molecule has 2 aromatic rings. The van der Waals surface area contributed by atoms with E-state index in [0.29, 0.717) is 29.7 Å². The quantitative estimate of drug-likeness (QED) is 0.921. The van der Waals surface area contributed by atoms with Gasteiger partial charge in [0.25, 0.3) is 0 Å². The van der Waals surface area contributed by atoms with Crippen LogP contribution in [0.2, 0.25) is 10.0 Å². The van der Waals surface area contributed by atoms with Crippen molar-refractivity contribution < 1.29 is 9.90 Å².